The van der Waals surface area contributed by atoms with Crippen LogP contribution in [0, 0.1) is 6.92 Å². The molecule has 2 aromatic rings. The Balaban J connectivity index is 3.00. The first-order valence-electron chi connectivity index (χ1n) is 3.93. The highest BCUT2D eigenvalue weighted by atomic mass is 35.5. The zero-order valence-corrected chi connectivity index (χ0v) is 7.84. The van der Waals surface area contributed by atoms with E-state index in [4.69, 9.17) is 11.6 Å². The predicted octanol–water partition coefficient (Wildman–Crippen LogP) is 2.90. The van der Waals surface area contributed by atoms with Gasteiger partial charge in [-0.3, -0.25) is 0 Å². The van der Waals surface area contributed by atoms with Crippen molar-refractivity contribution in [3.8, 4) is 5.75 Å². The van der Waals surface area contributed by atoms with Gasteiger partial charge in [0.25, 0.3) is 0 Å². The van der Waals surface area contributed by atoms with Crippen molar-refractivity contribution in [1.29, 1.82) is 0 Å². The first-order chi connectivity index (χ1) is 6.20. The van der Waals surface area contributed by atoms with Gasteiger partial charge in [0.05, 0.1) is 0 Å². The van der Waals surface area contributed by atoms with E-state index >= 15 is 0 Å². The molecule has 1 heterocycles. The van der Waals surface area contributed by atoms with E-state index in [0.29, 0.717) is 5.15 Å². The Morgan fingerprint density at radius 2 is 2.08 bits per heavy atom. The van der Waals surface area contributed by atoms with Gasteiger partial charge in [0.1, 0.15) is 10.9 Å². The summed E-state index contributed by atoms with van der Waals surface area (Å²) < 4.78 is 0. The molecule has 0 fully saturated rings. The Bertz CT molecular complexity index is 459. The van der Waals surface area contributed by atoms with Gasteiger partial charge in [-0.2, -0.15) is 0 Å². The molecule has 0 saturated heterocycles. The van der Waals surface area contributed by atoms with Gasteiger partial charge in [0.15, 0.2) is 0 Å². The van der Waals surface area contributed by atoms with E-state index in [2.05, 4.69) is 4.98 Å². The summed E-state index contributed by atoms with van der Waals surface area (Å²) in [6.07, 6.45) is 1.59. The zero-order chi connectivity index (χ0) is 9.42. The lowest BCUT2D eigenvalue weighted by Crippen LogP contribution is -1.83. The lowest BCUT2D eigenvalue weighted by atomic mass is 10.1. The van der Waals surface area contributed by atoms with Crippen LogP contribution in [-0.2, 0) is 0 Å². The molecule has 0 bridgehead atoms. The number of fused-ring (bicyclic) bond motifs is 1. The third kappa shape index (κ3) is 1.23. The second-order valence-corrected chi connectivity index (χ2v) is 3.28. The van der Waals surface area contributed by atoms with Crippen LogP contribution in [-0.4, -0.2) is 10.1 Å². The summed E-state index contributed by atoms with van der Waals surface area (Å²) in [6.45, 7) is 1.94. The molecule has 0 unspecified atom stereocenters. The van der Waals surface area contributed by atoms with Gasteiger partial charge in [-0.15, -0.1) is 0 Å². The third-order valence-electron chi connectivity index (χ3n) is 2.07. The van der Waals surface area contributed by atoms with Gasteiger partial charge in [0.2, 0.25) is 0 Å². The molecule has 1 N–H and O–H groups in total. The van der Waals surface area contributed by atoms with Crippen molar-refractivity contribution in [3.63, 3.8) is 0 Å². The predicted molar refractivity (Wildman–Crippen MR) is 53.2 cm³/mol. The van der Waals surface area contributed by atoms with Crippen molar-refractivity contribution in [2.75, 3.05) is 0 Å². The lowest BCUT2D eigenvalue weighted by Gasteiger charge is -2.04. The van der Waals surface area contributed by atoms with Crippen LogP contribution in [0.3, 0.4) is 0 Å². The SMILES string of the molecule is Cc1ccc(O)c2ccnc(Cl)c12. The minimum absolute atomic E-state index is 0.241. The number of aryl methyl sites for hydroxylation is 1. The van der Waals surface area contributed by atoms with Crippen LogP contribution in [0.5, 0.6) is 5.75 Å². The molecule has 0 aliphatic heterocycles. The van der Waals surface area contributed by atoms with Crippen molar-refractivity contribution >= 4 is 22.4 Å². The normalized spacial score (nSPS) is 10.6. The van der Waals surface area contributed by atoms with Gasteiger partial charge in [-0.25, -0.2) is 4.98 Å². The molecule has 1 aromatic carbocycles. The third-order valence-corrected chi connectivity index (χ3v) is 2.35. The van der Waals surface area contributed by atoms with E-state index in [0.717, 1.165) is 16.3 Å². The number of phenolic OH excluding ortho intramolecular Hbond substituents is 1. The molecule has 2 nitrogen and oxygen atoms in total. The number of benzene rings is 1. The van der Waals surface area contributed by atoms with E-state index in [1.165, 1.54) is 0 Å². The van der Waals surface area contributed by atoms with Crippen molar-refractivity contribution in [2.45, 2.75) is 6.92 Å². The molecule has 3 heteroatoms. The second-order valence-electron chi connectivity index (χ2n) is 2.93. The quantitative estimate of drug-likeness (QED) is 0.653. The van der Waals surface area contributed by atoms with Crippen molar-refractivity contribution in [3.05, 3.63) is 35.1 Å². The average molecular weight is 194 g/mol. The molecule has 0 atom stereocenters. The zero-order valence-electron chi connectivity index (χ0n) is 7.08. The van der Waals surface area contributed by atoms with Gasteiger partial charge in [0, 0.05) is 17.0 Å². The fraction of sp³-hybridized carbons (Fsp3) is 0.100. The summed E-state index contributed by atoms with van der Waals surface area (Å²) in [5.41, 5.74) is 1.02. The summed E-state index contributed by atoms with van der Waals surface area (Å²) in [7, 11) is 0. The molecule has 0 aliphatic carbocycles. The largest absolute Gasteiger partial charge is 0.507 e. The van der Waals surface area contributed by atoms with E-state index in [1.807, 2.05) is 13.0 Å². The lowest BCUT2D eigenvalue weighted by molar-refractivity contribution is 0.481. The summed E-state index contributed by atoms with van der Waals surface area (Å²) in [4.78, 5) is 3.96. The standard InChI is InChI=1S/C10H8ClNO/c1-6-2-3-8(13)7-4-5-12-10(11)9(6)7/h2-5,13H,1H3. The maximum absolute atomic E-state index is 9.53. The van der Waals surface area contributed by atoms with Gasteiger partial charge >= 0.3 is 0 Å². The highest BCUT2D eigenvalue weighted by molar-refractivity contribution is 6.34. The molecule has 0 saturated carbocycles. The maximum Gasteiger partial charge on any atom is 0.137 e. The monoisotopic (exact) mass is 193 g/mol. The van der Waals surface area contributed by atoms with Crippen LogP contribution in [0.1, 0.15) is 5.56 Å². The Labute approximate surface area is 80.8 Å². The first-order valence-corrected chi connectivity index (χ1v) is 4.31. The Hall–Kier alpha value is -1.28. The Morgan fingerprint density at radius 3 is 2.77 bits per heavy atom. The van der Waals surface area contributed by atoms with E-state index < -0.39 is 0 Å². The molecular weight excluding hydrogens is 186 g/mol. The minimum Gasteiger partial charge on any atom is -0.507 e. The van der Waals surface area contributed by atoms with Crippen LogP contribution in [0.2, 0.25) is 5.15 Å². The number of halogens is 1. The smallest absolute Gasteiger partial charge is 0.137 e. The van der Waals surface area contributed by atoms with Crippen molar-refractivity contribution in [1.82, 2.24) is 4.98 Å². The number of nitrogens with zero attached hydrogens (tertiary/aromatic N) is 1. The second kappa shape index (κ2) is 2.89. The molecule has 0 amide bonds. The van der Waals surface area contributed by atoms with E-state index in [1.54, 1.807) is 18.3 Å². The minimum atomic E-state index is 0.241. The molecule has 0 aliphatic rings. The molecular formula is C10H8ClNO. The number of hydrogen-bond acceptors (Lipinski definition) is 2. The summed E-state index contributed by atoms with van der Waals surface area (Å²) in [6, 6.07) is 5.24. The molecule has 0 spiro atoms. The first kappa shape index (κ1) is 8.32. The average Bonchev–Trinajstić information content (AvgIpc) is 2.12. The van der Waals surface area contributed by atoms with E-state index in [9.17, 15) is 5.11 Å². The summed E-state index contributed by atoms with van der Waals surface area (Å²) >= 11 is 5.91. The van der Waals surface area contributed by atoms with Crippen molar-refractivity contribution in [2.24, 2.45) is 0 Å². The van der Waals surface area contributed by atoms with Crippen LogP contribution >= 0.6 is 11.6 Å². The maximum atomic E-state index is 9.53. The Morgan fingerprint density at radius 1 is 1.31 bits per heavy atom. The Kier molecular flexibility index (Phi) is 1.85. The van der Waals surface area contributed by atoms with Crippen LogP contribution < -0.4 is 0 Å². The van der Waals surface area contributed by atoms with Crippen LogP contribution in [0.15, 0.2) is 24.4 Å². The highest BCUT2D eigenvalue weighted by Gasteiger charge is 2.05. The summed E-state index contributed by atoms with van der Waals surface area (Å²) in [5, 5.41) is 11.5. The van der Waals surface area contributed by atoms with E-state index in [-0.39, 0.29) is 5.75 Å². The highest BCUT2D eigenvalue weighted by Crippen LogP contribution is 2.30. The van der Waals surface area contributed by atoms with Gasteiger partial charge in [-0.1, -0.05) is 17.7 Å². The number of hydrogen-bond donors (Lipinski definition) is 1. The van der Waals surface area contributed by atoms with Gasteiger partial charge in [-0.05, 0) is 24.6 Å². The fourth-order valence-electron chi connectivity index (χ4n) is 1.40. The number of aromatic hydroxyl groups is 1. The molecule has 1 aromatic heterocycles. The molecule has 66 valence electrons. The van der Waals surface area contributed by atoms with Crippen LogP contribution in [0.25, 0.3) is 10.8 Å². The molecule has 0 radical (unpaired) electrons. The topological polar surface area (TPSA) is 33.1 Å². The van der Waals surface area contributed by atoms with Crippen LogP contribution in [0.4, 0.5) is 0 Å². The summed E-state index contributed by atoms with van der Waals surface area (Å²) in [5.74, 6) is 0.241. The number of aromatic nitrogens is 1. The van der Waals surface area contributed by atoms with Crippen molar-refractivity contribution < 1.29 is 5.11 Å². The molecule has 13 heavy (non-hydrogen) atoms. The number of rotatable bonds is 0. The van der Waals surface area contributed by atoms with Gasteiger partial charge < -0.3 is 5.11 Å². The number of phenols is 1. The number of pyridine rings is 1. The fourth-order valence-corrected chi connectivity index (χ4v) is 1.71. The molecule has 2 rings (SSSR count).